The maximum atomic E-state index is 11.4. The number of hydrogen-bond donors (Lipinski definition) is 2. The van der Waals surface area contributed by atoms with E-state index in [2.05, 4.69) is 23.7 Å². The highest BCUT2D eigenvalue weighted by atomic mass is 16.5. The third-order valence-electron chi connectivity index (χ3n) is 4.19. The molecule has 0 aliphatic carbocycles. The van der Waals surface area contributed by atoms with E-state index in [1.165, 1.54) is 6.20 Å². The van der Waals surface area contributed by atoms with Crippen LogP contribution in [0.4, 0.5) is 0 Å². The molecule has 0 aromatic carbocycles. The first-order chi connectivity index (χ1) is 11.1. The minimum Gasteiger partial charge on any atom is -0.379 e. The maximum absolute atomic E-state index is 11.4. The summed E-state index contributed by atoms with van der Waals surface area (Å²) in [6.07, 6.45) is 5.99. The molecule has 1 aromatic rings. The molecule has 2 rings (SSSR count). The Balaban J connectivity index is 1.80. The van der Waals surface area contributed by atoms with Crippen molar-refractivity contribution in [1.82, 2.24) is 15.4 Å². The Morgan fingerprint density at radius 2 is 2.39 bits per heavy atom. The van der Waals surface area contributed by atoms with E-state index < -0.39 is 5.91 Å². The maximum Gasteiger partial charge on any atom is 0.276 e. The zero-order chi connectivity index (χ0) is 16.7. The second kappa shape index (κ2) is 8.96. The van der Waals surface area contributed by atoms with Gasteiger partial charge in [0.1, 0.15) is 0 Å². The fourth-order valence-corrected chi connectivity index (χ4v) is 2.85. The van der Waals surface area contributed by atoms with Crippen molar-refractivity contribution in [3.05, 3.63) is 29.1 Å². The standard InChI is InChI=1S/C17H27N3O3/c1-3-9-23-13(2)5-4-7-20-8-6-14-10-15(17(21)19-22)11-18-16(14)12-20/h10-11,13,22H,3-9,12H2,1-2H3,(H,19,21). The Morgan fingerprint density at radius 3 is 3.13 bits per heavy atom. The minimum atomic E-state index is -0.510. The number of hydroxylamine groups is 1. The normalized spacial score (nSPS) is 16.0. The van der Waals surface area contributed by atoms with Crippen LogP contribution in [0.25, 0.3) is 0 Å². The zero-order valence-electron chi connectivity index (χ0n) is 14.0. The van der Waals surface area contributed by atoms with Crippen LogP contribution >= 0.6 is 0 Å². The second-order valence-corrected chi connectivity index (χ2v) is 6.12. The number of nitrogens with one attached hydrogen (secondary N) is 1. The van der Waals surface area contributed by atoms with Crippen molar-refractivity contribution < 1.29 is 14.7 Å². The van der Waals surface area contributed by atoms with Crippen LogP contribution in [-0.4, -0.2) is 46.8 Å². The molecule has 0 saturated carbocycles. The second-order valence-electron chi connectivity index (χ2n) is 6.12. The smallest absolute Gasteiger partial charge is 0.276 e. The van der Waals surface area contributed by atoms with Crippen LogP contribution in [0.3, 0.4) is 0 Å². The van der Waals surface area contributed by atoms with Crippen LogP contribution in [-0.2, 0) is 17.7 Å². The Hall–Kier alpha value is -1.50. The van der Waals surface area contributed by atoms with Gasteiger partial charge in [-0.3, -0.25) is 19.9 Å². The lowest BCUT2D eigenvalue weighted by Gasteiger charge is -2.28. The third-order valence-corrected chi connectivity index (χ3v) is 4.19. The number of rotatable bonds is 8. The molecule has 6 nitrogen and oxygen atoms in total. The zero-order valence-corrected chi connectivity index (χ0v) is 14.0. The van der Waals surface area contributed by atoms with Crippen LogP contribution in [0.2, 0.25) is 0 Å². The van der Waals surface area contributed by atoms with Gasteiger partial charge in [0.05, 0.1) is 17.4 Å². The van der Waals surface area contributed by atoms with E-state index in [0.717, 1.165) is 63.2 Å². The monoisotopic (exact) mass is 321 g/mol. The lowest BCUT2D eigenvalue weighted by molar-refractivity contribution is 0.0567. The van der Waals surface area contributed by atoms with Crippen molar-refractivity contribution >= 4 is 5.91 Å². The summed E-state index contributed by atoms with van der Waals surface area (Å²) in [5.74, 6) is -0.510. The highest BCUT2D eigenvalue weighted by Gasteiger charge is 2.19. The molecule has 1 aliphatic heterocycles. The van der Waals surface area contributed by atoms with Gasteiger partial charge >= 0.3 is 0 Å². The average Bonchev–Trinajstić information content (AvgIpc) is 2.58. The van der Waals surface area contributed by atoms with Crippen LogP contribution in [0.15, 0.2) is 12.3 Å². The van der Waals surface area contributed by atoms with Gasteiger partial charge in [0, 0.05) is 25.9 Å². The van der Waals surface area contributed by atoms with Crippen LogP contribution < -0.4 is 5.48 Å². The van der Waals surface area contributed by atoms with Crippen molar-refractivity contribution in [2.75, 3.05) is 19.7 Å². The first-order valence-corrected chi connectivity index (χ1v) is 8.40. The number of carbonyl (C=O) groups is 1. The number of aromatic nitrogens is 1. The molecule has 1 aromatic heterocycles. The number of ether oxygens (including phenoxy) is 1. The summed E-state index contributed by atoms with van der Waals surface area (Å²) in [7, 11) is 0. The molecular weight excluding hydrogens is 294 g/mol. The Labute approximate surface area is 137 Å². The van der Waals surface area contributed by atoms with Gasteiger partial charge in [-0.15, -0.1) is 0 Å². The van der Waals surface area contributed by atoms with Gasteiger partial charge in [0.2, 0.25) is 0 Å². The van der Waals surface area contributed by atoms with E-state index in [9.17, 15) is 4.79 Å². The highest BCUT2D eigenvalue weighted by Crippen LogP contribution is 2.19. The van der Waals surface area contributed by atoms with Crippen molar-refractivity contribution in [2.45, 2.75) is 52.2 Å². The number of amides is 1. The molecule has 0 spiro atoms. The van der Waals surface area contributed by atoms with Crippen LogP contribution in [0.1, 0.15) is 54.7 Å². The van der Waals surface area contributed by atoms with Gasteiger partial charge in [0.15, 0.2) is 0 Å². The summed E-state index contributed by atoms with van der Waals surface area (Å²) in [6.45, 7) is 7.94. The summed E-state index contributed by atoms with van der Waals surface area (Å²) in [5.41, 5.74) is 4.18. The SMILES string of the molecule is CCCOC(C)CCCN1CCc2cc(C(=O)NO)cnc2C1. The summed E-state index contributed by atoms with van der Waals surface area (Å²) < 4.78 is 5.69. The highest BCUT2D eigenvalue weighted by molar-refractivity contribution is 5.93. The first kappa shape index (κ1) is 17.8. The van der Waals surface area contributed by atoms with E-state index in [1.54, 1.807) is 5.48 Å². The third kappa shape index (κ3) is 5.27. The first-order valence-electron chi connectivity index (χ1n) is 8.40. The summed E-state index contributed by atoms with van der Waals surface area (Å²) in [6, 6.07) is 1.83. The predicted molar refractivity (Wildman–Crippen MR) is 87.4 cm³/mol. The number of fused-ring (bicyclic) bond motifs is 1. The Bertz CT molecular complexity index is 522. The number of hydrogen-bond acceptors (Lipinski definition) is 5. The number of nitrogens with zero attached hydrogens (tertiary/aromatic N) is 2. The summed E-state index contributed by atoms with van der Waals surface area (Å²) in [4.78, 5) is 18.2. The largest absolute Gasteiger partial charge is 0.379 e. The molecule has 1 atom stereocenters. The molecule has 6 heteroatoms. The predicted octanol–water partition coefficient (Wildman–Crippen LogP) is 2.15. The van der Waals surface area contributed by atoms with Crippen LogP contribution in [0, 0.1) is 0 Å². The molecule has 1 aliphatic rings. The van der Waals surface area contributed by atoms with Crippen molar-refractivity contribution in [3.63, 3.8) is 0 Å². The molecule has 128 valence electrons. The lowest BCUT2D eigenvalue weighted by atomic mass is 10.0. The van der Waals surface area contributed by atoms with Crippen LogP contribution in [0.5, 0.6) is 0 Å². The van der Waals surface area contributed by atoms with Gasteiger partial charge in [-0.1, -0.05) is 6.92 Å². The molecule has 0 bridgehead atoms. The molecule has 2 heterocycles. The molecule has 2 N–H and O–H groups in total. The molecule has 1 amide bonds. The summed E-state index contributed by atoms with van der Waals surface area (Å²) >= 11 is 0. The fourth-order valence-electron chi connectivity index (χ4n) is 2.85. The van der Waals surface area contributed by atoms with E-state index >= 15 is 0 Å². The van der Waals surface area contributed by atoms with Gasteiger partial charge in [-0.2, -0.15) is 0 Å². The minimum absolute atomic E-state index is 0.324. The van der Waals surface area contributed by atoms with Gasteiger partial charge in [-0.05, 0) is 50.8 Å². The van der Waals surface area contributed by atoms with Gasteiger partial charge in [0.25, 0.3) is 5.91 Å². The lowest BCUT2D eigenvalue weighted by Crippen LogP contribution is -2.33. The van der Waals surface area contributed by atoms with Gasteiger partial charge < -0.3 is 4.74 Å². The molecule has 23 heavy (non-hydrogen) atoms. The summed E-state index contributed by atoms with van der Waals surface area (Å²) in [5, 5.41) is 8.68. The molecule has 0 saturated heterocycles. The molecule has 0 fully saturated rings. The van der Waals surface area contributed by atoms with Gasteiger partial charge in [-0.25, -0.2) is 5.48 Å². The number of carbonyl (C=O) groups excluding carboxylic acids is 1. The Morgan fingerprint density at radius 1 is 1.57 bits per heavy atom. The Kier molecular flexibility index (Phi) is 6.95. The molecule has 1 unspecified atom stereocenters. The van der Waals surface area contributed by atoms with E-state index in [-0.39, 0.29) is 0 Å². The number of pyridine rings is 1. The van der Waals surface area contributed by atoms with E-state index in [1.807, 2.05) is 6.07 Å². The van der Waals surface area contributed by atoms with Crippen molar-refractivity contribution in [1.29, 1.82) is 0 Å². The molecule has 0 radical (unpaired) electrons. The fraction of sp³-hybridized carbons (Fsp3) is 0.647. The van der Waals surface area contributed by atoms with E-state index in [0.29, 0.717) is 11.7 Å². The quantitative estimate of drug-likeness (QED) is 0.567. The topological polar surface area (TPSA) is 74.7 Å². The van der Waals surface area contributed by atoms with E-state index in [4.69, 9.17) is 9.94 Å². The van der Waals surface area contributed by atoms with Crippen molar-refractivity contribution in [3.8, 4) is 0 Å². The van der Waals surface area contributed by atoms with Crippen molar-refractivity contribution in [2.24, 2.45) is 0 Å². The molecular formula is C17H27N3O3. The average molecular weight is 321 g/mol.